The monoisotopic (exact) mass is 649 g/mol. The lowest BCUT2D eigenvalue weighted by Gasteiger charge is -2.31. The number of rotatable bonds is 6. The summed E-state index contributed by atoms with van der Waals surface area (Å²) in [6.07, 6.45) is 0. The number of hydrogen-bond acceptors (Lipinski definition) is 7. The SMILES string of the molecule is Cc1ccc(NC(=O)COc2ccc(Br)cc2[C@H]2c3sc(=O)[nH]c3SC3C(=O)N(c4ccc(C)cc4)C(=O)C32)cc1. The molecule has 6 rings (SSSR count). The first-order chi connectivity index (χ1) is 19.7. The Balaban J connectivity index is 1.36. The van der Waals surface area contributed by atoms with Crippen molar-refractivity contribution in [2.24, 2.45) is 5.92 Å². The van der Waals surface area contributed by atoms with Crippen LogP contribution in [-0.4, -0.2) is 34.6 Å². The Morgan fingerprint density at radius 3 is 2.37 bits per heavy atom. The third kappa shape index (κ3) is 5.25. The van der Waals surface area contributed by atoms with Crippen LogP contribution >= 0.6 is 39.0 Å². The van der Waals surface area contributed by atoms with Gasteiger partial charge in [0.2, 0.25) is 11.8 Å². The molecular formula is C30H24BrN3O5S2. The molecule has 0 aliphatic carbocycles. The van der Waals surface area contributed by atoms with Crippen molar-refractivity contribution in [3.63, 3.8) is 0 Å². The van der Waals surface area contributed by atoms with E-state index < -0.39 is 17.1 Å². The van der Waals surface area contributed by atoms with Crippen LogP contribution in [0.15, 0.2) is 81.0 Å². The minimum absolute atomic E-state index is 0.266. The first-order valence-corrected chi connectivity index (χ1v) is 15.3. The zero-order chi connectivity index (χ0) is 28.8. The summed E-state index contributed by atoms with van der Waals surface area (Å²) in [5.74, 6) is -2.03. The van der Waals surface area contributed by atoms with Crippen LogP contribution in [0.25, 0.3) is 0 Å². The van der Waals surface area contributed by atoms with E-state index in [1.807, 2.05) is 56.3 Å². The molecule has 0 saturated carbocycles. The van der Waals surface area contributed by atoms with Crippen molar-refractivity contribution in [3.05, 3.63) is 102 Å². The second-order valence-corrected chi connectivity index (χ2v) is 13.1. The second-order valence-electron chi connectivity index (χ2n) is 9.98. The van der Waals surface area contributed by atoms with Crippen LogP contribution in [0.4, 0.5) is 11.4 Å². The molecule has 1 aromatic heterocycles. The summed E-state index contributed by atoms with van der Waals surface area (Å²) < 4.78 is 6.76. The van der Waals surface area contributed by atoms with Crippen LogP contribution in [0.5, 0.6) is 5.75 Å². The maximum atomic E-state index is 14.0. The molecule has 1 fully saturated rings. The van der Waals surface area contributed by atoms with Crippen LogP contribution < -0.4 is 19.8 Å². The topological polar surface area (TPSA) is 109 Å². The fourth-order valence-electron chi connectivity index (χ4n) is 5.17. The van der Waals surface area contributed by atoms with E-state index >= 15 is 0 Å². The first-order valence-electron chi connectivity index (χ1n) is 12.8. The molecule has 208 valence electrons. The number of aromatic nitrogens is 1. The van der Waals surface area contributed by atoms with Gasteiger partial charge in [-0.1, -0.05) is 74.4 Å². The van der Waals surface area contributed by atoms with Gasteiger partial charge in [0, 0.05) is 26.5 Å². The lowest BCUT2D eigenvalue weighted by molar-refractivity contribution is -0.122. The second kappa shape index (κ2) is 11.0. The van der Waals surface area contributed by atoms with Crippen molar-refractivity contribution in [1.82, 2.24) is 4.98 Å². The summed E-state index contributed by atoms with van der Waals surface area (Å²) in [5.41, 5.74) is 3.87. The third-order valence-corrected chi connectivity index (χ3v) is 10.0. The molecule has 3 atom stereocenters. The fourth-order valence-corrected chi connectivity index (χ4v) is 8.06. The number of hydrogen-bond donors (Lipinski definition) is 2. The number of aromatic amines is 1. The van der Waals surface area contributed by atoms with Crippen molar-refractivity contribution >= 4 is 68.1 Å². The summed E-state index contributed by atoms with van der Waals surface area (Å²) in [4.78, 5) is 57.4. The molecule has 3 aromatic carbocycles. The number of benzene rings is 3. The average Bonchev–Trinajstić information content (AvgIpc) is 3.44. The van der Waals surface area contributed by atoms with Gasteiger partial charge in [-0.3, -0.25) is 19.2 Å². The van der Waals surface area contributed by atoms with Gasteiger partial charge in [-0.05, 0) is 56.3 Å². The van der Waals surface area contributed by atoms with Gasteiger partial charge in [-0.2, -0.15) is 0 Å². The largest absolute Gasteiger partial charge is 0.483 e. The Bertz CT molecular complexity index is 1730. The molecule has 2 aliphatic heterocycles. The zero-order valence-corrected chi connectivity index (χ0v) is 25.2. The molecule has 3 amide bonds. The van der Waals surface area contributed by atoms with E-state index in [9.17, 15) is 19.2 Å². The van der Waals surface area contributed by atoms with E-state index in [0.29, 0.717) is 32.6 Å². The molecule has 41 heavy (non-hydrogen) atoms. The Labute approximate surface area is 252 Å². The van der Waals surface area contributed by atoms with Crippen LogP contribution in [0, 0.1) is 19.8 Å². The summed E-state index contributed by atoms with van der Waals surface area (Å²) in [6, 6.07) is 20.0. The minimum atomic E-state index is -0.772. The normalized spacial score (nSPS) is 19.6. The van der Waals surface area contributed by atoms with Gasteiger partial charge < -0.3 is 15.0 Å². The van der Waals surface area contributed by atoms with Crippen molar-refractivity contribution in [2.45, 2.75) is 30.0 Å². The summed E-state index contributed by atoms with van der Waals surface area (Å²) in [6.45, 7) is 3.64. The number of imide groups is 1. The van der Waals surface area contributed by atoms with E-state index in [1.54, 1.807) is 24.3 Å². The summed E-state index contributed by atoms with van der Waals surface area (Å²) in [7, 11) is 0. The minimum Gasteiger partial charge on any atom is -0.483 e. The zero-order valence-electron chi connectivity index (χ0n) is 22.0. The molecule has 8 nitrogen and oxygen atoms in total. The number of H-pyrrole nitrogens is 1. The fraction of sp³-hybridized carbons (Fsp3) is 0.200. The van der Waals surface area contributed by atoms with Gasteiger partial charge in [0.25, 0.3) is 5.91 Å². The number of carbonyl (C=O) groups excluding carboxylic acids is 3. The number of anilines is 2. The highest BCUT2D eigenvalue weighted by atomic mass is 79.9. The van der Waals surface area contributed by atoms with Gasteiger partial charge in [-0.25, -0.2) is 4.90 Å². The number of amides is 3. The third-order valence-electron chi connectivity index (χ3n) is 7.12. The lowest BCUT2D eigenvalue weighted by atomic mass is 9.82. The van der Waals surface area contributed by atoms with Gasteiger partial charge in [-0.15, -0.1) is 0 Å². The van der Waals surface area contributed by atoms with Gasteiger partial charge in [0.05, 0.1) is 16.6 Å². The maximum Gasteiger partial charge on any atom is 0.305 e. The Morgan fingerprint density at radius 2 is 1.66 bits per heavy atom. The predicted octanol–water partition coefficient (Wildman–Crippen LogP) is 5.63. The van der Waals surface area contributed by atoms with Gasteiger partial charge in [0.1, 0.15) is 11.0 Å². The molecule has 1 saturated heterocycles. The van der Waals surface area contributed by atoms with Crippen LogP contribution in [0.2, 0.25) is 0 Å². The molecular weight excluding hydrogens is 626 g/mol. The van der Waals surface area contributed by atoms with Crippen molar-refractivity contribution < 1.29 is 19.1 Å². The van der Waals surface area contributed by atoms with E-state index in [0.717, 1.165) is 26.9 Å². The Kier molecular flexibility index (Phi) is 7.35. The lowest BCUT2D eigenvalue weighted by Crippen LogP contribution is -2.32. The number of fused-ring (bicyclic) bond motifs is 2. The molecule has 0 radical (unpaired) electrons. The number of halogens is 1. The van der Waals surface area contributed by atoms with Crippen LogP contribution in [-0.2, 0) is 14.4 Å². The van der Waals surface area contributed by atoms with Gasteiger partial charge >= 0.3 is 4.87 Å². The Hall–Kier alpha value is -3.67. The smallest absolute Gasteiger partial charge is 0.305 e. The highest BCUT2D eigenvalue weighted by Crippen LogP contribution is 2.54. The number of nitrogens with one attached hydrogen (secondary N) is 2. The molecule has 4 aromatic rings. The first kappa shape index (κ1) is 27.5. The van der Waals surface area contributed by atoms with Gasteiger partial charge in [0.15, 0.2) is 6.61 Å². The number of nitrogens with zero attached hydrogens (tertiary/aromatic N) is 1. The number of thioether (sulfide) groups is 1. The molecule has 0 bridgehead atoms. The number of carbonyl (C=O) groups is 3. The molecule has 2 aliphatic rings. The van der Waals surface area contributed by atoms with E-state index in [2.05, 4.69) is 26.2 Å². The van der Waals surface area contributed by atoms with Crippen molar-refractivity contribution in [3.8, 4) is 5.75 Å². The predicted molar refractivity (Wildman–Crippen MR) is 163 cm³/mol. The maximum absolute atomic E-state index is 14.0. The molecule has 2 unspecified atom stereocenters. The Morgan fingerprint density at radius 1 is 0.976 bits per heavy atom. The highest BCUT2D eigenvalue weighted by Gasteiger charge is 2.56. The number of ether oxygens (including phenoxy) is 1. The van der Waals surface area contributed by atoms with Crippen molar-refractivity contribution in [1.29, 1.82) is 0 Å². The quantitative estimate of drug-likeness (QED) is 0.262. The van der Waals surface area contributed by atoms with Crippen LogP contribution in [0.1, 0.15) is 27.5 Å². The van der Waals surface area contributed by atoms with Crippen molar-refractivity contribution in [2.75, 3.05) is 16.8 Å². The number of thiazole rings is 1. The molecule has 0 spiro atoms. The standard InChI is InChI=1S/C30H24BrN3O5S2/c1-15-3-8-18(9-4-15)32-22(35)14-39-21-12-7-17(31)13-20(21)23-24-26(40-27-25(23)41-30(38)33-27)29(37)34(28(24)36)19-10-5-16(2)6-11-19/h3-13,23-24,26H,14H2,1-2H3,(H,32,35)(H,33,38)/t23-,24?,26?/m1/s1. The summed E-state index contributed by atoms with van der Waals surface area (Å²) in [5, 5.41) is 2.66. The summed E-state index contributed by atoms with van der Waals surface area (Å²) >= 11 is 5.76. The number of aryl methyl sites for hydroxylation is 2. The van der Waals surface area contributed by atoms with Crippen LogP contribution in [0.3, 0.4) is 0 Å². The van der Waals surface area contributed by atoms with E-state index in [4.69, 9.17) is 4.74 Å². The molecule has 11 heteroatoms. The van der Waals surface area contributed by atoms with E-state index in [1.165, 1.54) is 16.7 Å². The highest BCUT2D eigenvalue weighted by molar-refractivity contribution is 9.10. The molecule has 3 heterocycles. The average molecular weight is 651 g/mol. The van der Waals surface area contributed by atoms with E-state index in [-0.39, 0.29) is 29.2 Å². The molecule has 2 N–H and O–H groups in total.